The number of hydrogen-bond donors (Lipinski definition) is 0. The number of carbonyl (C=O) groups excluding carboxylic acids is 2. The molecule has 15 heavy (non-hydrogen) atoms. The lowest BCUT2D eigenvalue weighted by atomic mass is 9.79. The van der Waals surface area contributed by atoms with E-state index in [0.29, 0.717) is 18.8 Å². The summed E-state index contributed by atoms with van der Waals surface area (Å²) in [5.74, 6) is -0.321. The van der Waals surface area contributed by atoms with E-state index in [0.717, 1.165) is 6.42 Å². The highest BCUT2D eigenvalue weighted by atomic mass is 16.7. The fraction of sp³-hybridized carbons (Fsp3) is 0.818. The Morgan fingerprint density at radius 2 is 2.00 bits per heavy atom. The van der Waals surface area contributed by atoms with Crippen LogP contribution in [0.5, 0.6) is 0 Å². The van der Waals surface area contributed by atoms with Crippen molar-refractivity contribution in [3.05, 3.63) is 0 Å². The Hall–Kier alpha value is -0.740. The Morgan fingerprint density at radius 1 is 1.40 bits per heavy atom. The van der Waals surface area contributed by atoms with Crippen molar-refractivity contribution < 1.29 is 19.1 Å². The van der Waals surface area contributed by atoms with Gasteiger partial charge >= 0.3 is 0 Å². The molecule has 0 N–H and O–H groups in total. The number of hydrogen-bond acceptors (Lipinski definition) is 4. The number of ketones is 2. The molecular formula is C11H18O4. The molecule has 1 fully saturated rings. The summed E-state index contributed by atoms with van der Waals surface area (Å²) in [4.78, 5) is 23.4. The van der Waals surface area contributed by atoms with Gasteiger partial charge in [0.15, 0.2) is 5.78 Å². The molecule has 4 heteroatoms. The number of carbonyl (C=O) groups is 2. The summed E-state index contributed by atoms with van der Waals surface area (Å²) in [5, 5.41) is 0. The van der Waals surface area contributed by atoms with Gasteiger partial charge in [-0.15, -0.1) is 0 Å². The molecule has 0 amide bonds. The van der Waals surface area contributed by atoms with Crippen LogP contribution in [0.25, 0.3) is 0 Å². The van der Waals surface area contributed by atoms with Crippen LogP contribution < -0.4 is 0 Å². The van der Waals surface area contributed by atoms with Crippen LogP contribution in [-0.2, 0) is 19.1 Å². The predicted octanol–water partition coefficient (Wildman–Crippen LogP) is 1.18. The first-order valence-electron chi connectivity index (χ1n) is 5.22. The maximum atomic E-state index is 11.8. The highest BCUT2D eigenvalue weighted by Crippen LogP contribution is 2.27. The molecule has 0 aromatic rings. The van der Waals surface area contributed by atoms with E-state index >= 15 is 0 Å². The summed E-state index contributed by atoms with van der Waals surface area (Å²) in [6.07, 6.45) is 1.11. The summed E-state index contributed by atoms with van der Waals surface area (Å²) in [5.41, 5.74) is 0. The Balaban J connectivity index is 2.67. The van der Waals surface area contributed by atoms with Gasteiger partial charge in [0.25, 0.3) is 0 Å². The third kappa shape index (κ3) is 2.86. The minimum absolute atomic E-state index is 0.0252. The van der Waals surface area contributed by atoms with Crippen molar-refractivity contribution in [1.29, 1.82) is 0 Å². The molecule has 0 spiro atoms. The average molecular weight is 214 g/mol. The zero-order chi connectivity index (χ0) is 11.4. The monoisotopic (exact) mass is 214 g/mol. The van der Waals surface area contributed by atoms with Crippen molar-refractivity contribution in [2.24, 2.45) is 11.8 Å². The van der Waals surface area contributed by atoms with Gasteiger partial charge < -0.3 is 9.47 Å². The topological polar surface area (TPSA) is 52.6 Å². The predicted molar refractivity (Wildman–Crippen MR) is 54.3 cm³/mol. The van der Waals surface area contributed by atoms with Crippen LogP contribution in [-0.4, -0.2) is 32.1 Å². The molecule has 0 bridgehead atoms. The Labute approximate surface area is 89.9 Å². The van der Waals surface area contributed by atoms with Crippen LogP contribution in [0.2, 0.25) is 0 Å². The van der Waals surface area contributed by atoms with Gasteiger partial charge in [-0.25, -0.2) is 0 Å². The Kier molecular flexibility index (Phi) is 4.42. The molecule has 2 unspecified atom stereocenters. The first-order chi connectivity index (χ1) is 7.10. The summed E-state index contributed by atoms with van der Waals surface area (Å²) in [6, 6.07) is 0. The second-order valence-electron chi connectivity index (χ2n) is 4.10. The van der Waals surface area contributed by atoms with E-state index < -0.39 is 12.2 Å². The lowest BCUT2D eigenvalue weighted by Gasteiger charge is -2.26. The highest BCUT2D eigenvalue weighted by molar-refractivity contribution is 6.04. The molecule has 0 aromatic carbocycles. The molecule has 0 aromatic heterocycles. The minimum atomic E-state index is -0.899. The fourth-order valence-corrected chi connectivity index (χ4v) is 1.98. The van der Waals surface area contributed by atoms with Gasteiger partial charge in [-0.2, -0.15) is 0 Å². The molecule has 0 radical (unpaired) electrons. The maximum absolute atomic E-state index is 11.8. The largest absolute Gasteiger partial charge is 0.349 e. The fourth-order valence-electron chi connectivity index (χ4n) is 1.98. The molecule has 1 aliphatic rings. The summed E-state index contributed by atoms with van der Waals surface area (Å²) < 4.78 is 9.75. The van der Waals surface area contributed by atoms with E-state index in [9.17, 15) is 9.59 Å². The third-order valence-electron chi connectivity index (χ3n) is 2.91. The number of rotatable bonds is 4. The maximum Gasteiger partial charge on any atom is 0.218 e. The van der Waals surface area contributed by atoms with E-state index in [1.165, 1.54) is 14.2 Å². The van der Waals surface area contributed by atoms with E-state index in [-0.39, 0.29) is 11.6 Å². The van der Waals surface area contributed by atoms with E-state index in [4.69, 9.17) is 9.47 Å². The van der Waals surface area contributed by atoms with Crippen LogP contribution in [0.1, 0.15) is 26.2 Å². The SMILES string of the molecule is COC(OC)C(=O)C1CC(C)CCC1=O. The number of methoxy groups -OCH3 is 2. The first kappa shape index (κ1) is 12.3. The zero-order valence-electron chi connectivity index (χ0n) is 9.49. The minimum Gasteiger partial charge on any atom is -0.349 e. The van der Waals surface area contributed by atoms with E-state index in [1.54, 1.807) is 0 Å². The molecule has 0 heterocycles. The normalized spacial score (nSPS) is 27.1. The van der Waals surface area contributed by atoms with Crippen molar-refractivity contribution in [2.45, 2.75) is 32.5 Å². The van der Waals surface area contributed by atoms with Gasteiger partial charge in [-0.1, -0.05) is 6.92 Å². The van der Waals surface area contributed by atoms with Crippen LogP contribution in [0.4, 0.5) is 0 Å². The van der Waals surface area contributed by atoms with Crippen LogP contribution in [0, 0.1) is 11.8 Å². The van der Waals surface area contributed by atoms with Gasteiger partial charge in [0.05, 0.1) is 5.92 Å². The van der Waals surface area contributed by atoms with Crippen molar-refractivity contribution in [3.63, 3.8) is 0 Å². The van der Waals surface area contributed by atoms with Gasteiger partial charge in [-0.05, 0) is 18.8 Å². The van der Waals surface area contributed by atoms with Crippen LogP contribution in [0.3, 0.4) is 0 Å². The van der Waals surface area contributed by atoms with Crippen molar-refractivity contribution >= 4 is 11.6 Å². The molecule has 1 aliphatic carbocycles. The summed E-state index contributed by atoms with van der Waals surface area (Å²) >= 11 is 0. The van der Waals surface area contributed by atoms with Crippen LogP contribution >= 0.6 is 0 Å². The average Bonchev–Trinajstić information content (AvgIpc) is 2.23. The van der Waals surface area contributed by atoms with Crippen molar-refractivity contribution in [3.8, 4) is 0 Å². The quantitative estimate of drug-likeness (QED) is 0.521. The Morgan fingerprint density at radius 3 is 2.53 bits per heavy atom. The lowest BCUT2D eigenvalue weighted by Crippen LogP contribution is -2.38. The van der Waals surface area contributed by atoms with E-state index in [1.807, 2.05) is 0 Å². The molecule has 86 valence electrons. The molecule has 0 saturated heterocycles. The molecule has 4 nitrogen and oxygen atoms in total. The molecular weight excluding hydrogens is 196 g/mol. The zero-order valence-corrected chi connectivity index (χ0v) is 9.49. The Bertz CT molecular complexity index is 245. The number of ether oxygens (including phenoxy) is 2. The standard InChI is InChI=1S/C11H18O4/c1-7-4-5-9(12)8(6-7)10(13)11(14-2)15-3/h7-8,11H,4-6H2,1-3H3. The smallest absolute Gasteiger partial charge is 0.218 e. The second-order valence-corrected chi connectivity index (χ2v) is 4.10. The number of Topliss-reactive ketones (excluding diaryl/α,β-unsaturated/α-hetero) is 2. The lowest BCUT2D eigenvalue weighted by molar-refractivity contribution is -0.164. The van der Waals surface area contributed by atoms with Gasteiger partial charge in [0.2, 0.25) is 6.29 Å². The molecule has 0 aliphatic heterocycles. The van der Waals surface area contributed by atoms with Gasteiger partial charge in [0.1, 0.15) is 5.78 Å². The van der Waals surface area contributed by atoms with Crippen molar-refractivity contribution in [2.75, 3.05) is 14.2 Å². The highest BCUT2D eigenvalue weighted by Gasteiger charge is 2.36. The third-order valence-corrected chi connectivity index (χ3v) is 2.91. The van der Waals surface area contributed by atoms with E-state index in [2.05, 4.69) is 6.92 Å². The molecule has 2 atom stereocenters. The second kappa shape index (κ2) is 5.37. The summed E-state index contributed by atoms with van der Waals surface area (Å²) in [6.45, 7) is 2.06. The van der Waals surface area contributed by atoms with Crippen molar-refractivity contribution in [1.82, 2.24) is 0 Å². The van der Waals surface area contributed by atoms with Gasteiger partial charge in [0, 0.05) is 20.6 Å². The van der Waals surface area contributed by atoms with Gasteiger partial charge in [-0.3, -0.25) is 9.59 Å². The molecule has 1 rings (SSSR count). The van der Waals surface area contributed by atoms with Crippen LogP contribution in [0.15, 0.2) is 0 Å². The molecule has 1 saturated carbocycles. The first-order valence-corrected chi connectivity index (χ1v) is 5.22. The summed E-state index contributed by atoms with van der Waals surface area (Å²) in [7, 11) is 2.81.